The summed E-state index contributed by atoms with van der Waals surface area (Å²) in [4.78, 5) is 1.31. The standard InChI is InChI=1S/C13H17BrClN3S/c1-7-5-11(19-12(7)14)10(16-3)6-9-8(2)17-18(4)13(9)15/h5,10,16H,6H2,1-4H3. The molecule has 0 aromatic carbocycles. The summed E-state index contributed by atoms with van der Waals surface area (Å²) < 4.78 is 2.92. The zero-order valence-corrected chi connectivity index (χ0v) is 14.6. The number of nitrogens with one attached hydrogen (secondary N) is 1. The van der Waals surface area contributed by atoms with Gasteiger partial charge in [-0.15, -0.1) is 11.3 Å². The molecular weight excluding hydrogens is 346 g/mol. The molecule has 0 aliphatic carbocycles. The van der Waals surface area contributed by atoms with Crippen LogP contribution in [-0.2, 0) is 13.5 Å². The fourth-order valence-corrected chi connectivity index (χ4v) is 4.04. The van der Waals surface area contributed by atoms with Crippen molar-refractivity contribution in [1.29, 1.82) is 0 Å². The van der Waals surface area contributed by atoms with Gasteiger partial charge in [0.05, 0.1) is 9.48 Å². The number of rotatable bonds is 4. The molecule has 0 aliphatic rings. The molecule has 0 amide bonds. The van der Waals surface area contributed by atoms with E-state index in [4.69, 9.17) is 11.6 Å². The quantitative estimate of drug-likeness (QED) is 0.890. The zero-order chi connectivity index (χ0) is 14.2. The van der Waals surface area contributed by atoms with E-state index < -0.39 is 0 Å². The summed E-state index contributed by atoms with van der Waals surface area (Å²) in [7, 11) is 3.85. The van der Waals surface area contributed by atoms with Crippen molar-refractivity contribution in [2.45, 2.75) is 26.3 Å². The SMILES string of the molecule is CNC(Cc1c(C)nn(C)c1Cl)c1cc(C)c(Br)s1. The predicted octanol–water partition coefficient (Wildman–Crippen LogP) is 4.02. The van der Waals surface area contributed by atoms with Crippen LogP contribution in [0.3, 0.4) is 0 Å². The molecule has 0 aliphatic heterocycles. The topological polar surface area (TPSA) is 29.9 Å². The minimum atomic E-state index is 0.260. The maximum atomic E-state index is 6.31. The number of hydrogen-bond acceptors (Lipinski definition) is 3. The lowest BCUT2D eigenvalue weighted by atomic mass is 10.1. The van der Waals surface area contributed by atoms with Gasteiger partial charge in [0.1, 0.15) is 5.15 Å². The number of hydrogen-bond donors (Lipinski definition) is 1. The first kappa shape index (κ1) is 15.0. The normalized spacial score (nSPS) is 12.9. The van der Waals surface area contributed by atoms with Gasteiger partial charge in [0.15, 0.2) is 0 Å². The second kappa shape index (κ2) is 5.95. The Kier molecular flexibility index (Phi) is 4.71. The van der Waals surface area contributed by atoms with Crippen molar-refractivity contribution in [2.24, 2.45) is 7.05 Å². The first-order valence-electron chi connectivity index (χ1n) is 6.05. The largest absolute Gasteiger partial charge is 0.312 e. The summed E-state index contributed by atoms with van der Waals surface area (Å²) in [6.07, 6.45) is 0.849. The molecule has 0 spiro atoms. The van der Waals surface area contributed by atoms with Gasteiger partial charge in [-0.1, -0.05) is 11.6 Å². The highest BCUT2D eigenvalue weighted by Crippen LogP contribution is 2.34. The third-order valence-corrected chi connectivity index (χ3v) is 5.97. The van der Waals surface area contributed by atoms with Crippen LogP contribution in [0.2, 0.25) is 5.15 Å². The third kappa shape index (κ3) is 3.05. The van der Waals surface area contributed by atoms with Crippen LogP contribution in [0.25, 0.3) is 0 Å². The van der Waals surface area contributed by atoms with Crippen LogP contribution in [0.15, 0.2) is 9.85 Å². The van der Waals surface area contributed by atoms with Crippen molar-refractivity contribution >= 4 is 38.9 Å². The lowest BCUT2D eigenvalue weighted by Gasteiger charge is -2.14. The van der Waals surface area contributed by atoms with E-state index in [1.807, 2.05) is 21.0 Å². The lowest BCUT2D eigenvalue weighted by molar-refractivity contribution is 0.600. The number of likely N-dealkylation sites (N-methyl/N-ethyl adjacent to an activating group) is 1. The highest BCUT2D eigenvalue weighted by atomic mass is 79.9. The van der Waals surface area contributed by atoms with Gasteiger partial charge >= 0.3 is 0 Å². The fraction of sp³-hybridized carbons (Fsp3) is 0.462. The molecule has 1 unspecified atom stereocenters. The van der Waals surface area contributed by atoms with Gasteiger partial charge in [-0.2, -0.15) is 5.10 Å². The van der Waals surface area contributed by atoms with Crippen molar-refractivity contribution in [3.8, 4) is 0 Å². The van der Waals surface area contributed by atoms with E-state index in [0.29, 0.717) is 0 Å². The summed E-state index contributed by atoms with van der Waals surface area (Å²) in [5, 5.41) is 8.46. The van der Waals surface area contributed by atoms with Gasteiger partial charge in [-0.05, 0) is 54.9 Å². The van der Waals surface area contributed by atoms with E-state index in [0.717, 1.165) is 22.8 Å². The highest BCUT2D eigenvalue weighted by molar-refractivity contribution is 9.11. The van der Waals surface area contributed by atoms with Crippen molar-refractivity contribution in [3.05, 3.63) is 36.7 Å². The number of aromatic nitrogens is 2. The van der Waals surface area contributed by atoms with E-state index in [9.17, 15) is 0 Å². The van der Waals surface area contributed by atoms with Crippen LogP contribution in [-0.4, -0.2) is 16.8 Å². The maximum Gasteiger partial charge on any atom is 0.130 e. The van der Waals surface area contributed by atoms with Gasteiger partial charge in [-0.3, -0.25) is 4.68 Å². The maximum absolute atomic E-state index is 6.31. The minimum absolute atomic E-state index is 0.260. The molecule has 0 saturated heterocycles. The first-order chi connectivity index (χ1) is 8.93. The third-order valence-electron chi connectivity index (χ3n) is 3.25. The molecule has 1 N–H and O–H groups in total. The molecule has 0 fully saturated rings. The van der Waals surface area contributed by atoms with Crippen LogP contribution in [0, 0.1) is 13.8 Å². The molecule has 1 atom stereocenters. The minimum Gasteiger partial charge on any atom is -0.312 e. The average molecular weight is 363 g/mol. The summed E-state index contributed by atoms with van der Waals surface area (Å²) >= 11 is 11.7. The Labute approximate surface area is 131 Å². The van der Waals surface area contributed by atoms with Gasteiger partial charge in [-0.25, -0.2) is 0 Å². The molecule has 0 saturated carbocycles. The Hall–Kier alpha value is -0.360. The molecule has 104 valence electrons. The highest BCUT2D eigenvalue weighted by Gasteiger charge is 2.19. The summed E-state index contributed by atoms with van der Waals surface area (Å²) in [5.41, 5.74) is 3.39. The Balaban J connectivity index is 2.29. The first-order valence-corrected chi connectivity index (χ1v) is 8.03. The molecule has 6 heteroatoms. The Morgan fingerprint density at radius 3 is 2.63 bits per heavy atom. The Bertz CT molecular complexity index is 571. The van der Waals surface area contributed by atoms with Gasteiger partial charge in [0.25, 0.3) is 0 Å². The Morgan fingerprint density at radius 1 is 1.53 bits per heavy atom. The molecule has 2 aromatic heterocycles. The van der Waals surface area contributed by atoms with Crippen LogP contribution < -0.4 is 5.32 Å². The van der Waals surface area contributed by atoms with Crippen LogP contribution in [0.5, 0.6) is 0 Å². The zero-order valence-electron chi connectivity index (χ0n) is 11.4. The van der Waals surface area contributed by atoms with E-state index in [1.54, 1.807) is 16.0 Å². The molecule has 19 heavy (non-hydrogen) atoms. The second-order valence-corrected chi connectivity index (χ2v) is 7.39. The fourth-order valence-electron chi connectivity index (χ4n) is 2.11. The summed E-state index contributed by atoms with van der Waals surface area (Å²) in [5.74, 6) is 0. The Morgan fingerprint density at radius 2 is 2.21 bits per heavy atom. The molecule has 2 aromatic rings. The summed E-state index contributed by atoms with van der Waals surface area (Å²) in [6, 6.07) is 2.48. The molecule has 2 heterocycles. The van der Waals surface area contributed by atoms with Crippen molar-refractivity contribution in [2.75, 3.05) is 7.05 Å². The van der Waals surface area contributed by atoms with Crippen LogP contribution >= 0.6 is 38.9 Å². The van der Waals surface area contributed by atoms with Gasteiger partial charge in [0.2, 0.25) is 0 Å². The second-order valence-electron chi connectivity index (χ2n) is 4.63. The van der Waals surface area contributed by atoms with Crippen LogP contribution in [0.1, 0.15) is 27.7 Å². The molecule has 3 nitrogen and oxygen atoms in total. The van der Waals surface area contributed by atoms with Gasteiger partial charge < -0.3 is 5.32 Å². The number of aryl methyl sites for hydroxylation is 3. The van der Waals surface area contributed by atoms with E-state index >= 15 is 0 Å². The molecular formula is C13H17BrClN3S. The predicted molar refractivity (Wildman–Crippen MR) is 85.2 cm³/mol. The number of nitrogens with zero attached hydrogens (tertiary/aromatic N) is 2. The smallest absolute Gasteiger partial charge is 0.130 e. The van der Waals surface area contributed by atoms with E-state index in [1.165, 1.54) is 14.2 Å². The monoisotopic (exact) mass is 361 g/mol. The molecule has 0 radical (unpaired) electrons. The summed E-state index contributed by atoms with van der Waals surface area (Å²) in [6.45, 7) is 4.11. The lowest BCUT2D eigenvalue weighted by Crippen LogP contribution is -2.18. The number of halogens is 2. The van der Waals surface area contributed by atoms with E-state index in [-0.39, 0.29) is 6.04 Å². The van der Waals surface area contributed by atoms with Crippen molar-refractivity contribution in [3.63, 3.8) is 0 Å². The molecule has 0 bridgehead atoms. The average Bonchev–Trinajstić information content (AvgIpc) is 2.80. The number of thiophene rings is 1. The van der Waals surface area contributed by atoms with Crippen LogP contribution in [0.4, 0.5) is 0 Å². The van der Waals surface area contributed by atoms with E-state index in [2.05, 4.69) is 39.3 Å². The van der Waals surface area contributed by atoms with Crippen molar-refractivity contribution in [1.82, 2.24) is 15.1 Å². The molecule has 2 rings (SSSR count). The van der Waals surface area contributed by atoms with Gasteiger partial charge in [0, 0.05) is 23.5 Å². The van der Waals surface area contributed by atoms with Crippen molar-refractivity contribution < 1.29 is 0 Å².